The third kappa shape index (κ3) is 5.38. The van der Waals surface area contributed by atoms with Crippen LogP contribution in [0.15, 0.2) is 42.7 Å². The SMILES string of the molecule is CC1(C)Cc2cccc(OCC#CCNC(=O)COc3cccnc3)c2O1. The van der Waals surface area contributed by atoms with E-state index in [4.69, 9.17) is 14.2 Å². The lowest BCUT2D eigenvalue weighted by Crippen LogP contribution is -2.29. The second-order valence-electron chi connectivity index (χ2n) is 6.68. The molecule has 1 N–H and O–H groups in total. The Bertz CT molecular complexity index is 853. The quantitative estimate of drug-likeness (QED) is 0.795. The van der Waals surface area contributed by atoms with Gasteiger partial charge in [-0.2, -0.15) is 0 Å². The highest BCUT2D eigenvalue weighted by Gasteiger charge is 2.32. The van der Waals surface area contributed by atoms with Gasteiger partial charge in [0.1, 0.15) is 18.0 Å². The average Bonchev–Trinajstić information content (AvgIpc) is 2.98. The van der Waals surface area contributed by atoms with Crippen molar-refractivity contribution in [3.05, 3.63) is 48.3 Å². The largest absolute Gasteiger partial charge is 0.483 e. The minimum atomic E-state index is -0.245. The average molecular weight is 366 g/mol. The molecule has 1 aromatic heterocycles. The summed E-state index contributed by atoms with van der Waals surface area (Å²) in [4.78, 5) is 15.6. The van der Waals surface area contributed by atoms with E-state index >= 15 is 0 Å². The Morgan fingerprint density at radius 3 is 2.96 bits per heavy atom. The third-order valence-corrected chi connectivity index (χ3v) is 3.86. The molecule has 27 heavy (non-hydrogen) atoms. The molecule has 0 spiro atoms. The van der Waals surface area contributed by atoms with Gasteiger partial charge in [-0.05, 0) is 32.0 Å². The summed E-state index contributed by atoms with van der Waals surface area (Å²) in [5, 5.41) is 2.67. The standard InChI is InChI=1S/C21H22N2O4/c1-21(2)13-16-7-5-9-18(20(16)27-21)25-12-4-3-11-23-19(24)15-26-17-8-6-10-22-14-17/h5-10,14H,11-13,15H2,1-2H3,(H,23,24). The number of fused-ring (bicyclic) bond motifs is 1. The Hall–Kier alpha value is -3.20. The zero-order chi connectivity index (χ0) is 19.1. The number of nitrogens with one attached hydrogen (secondary N) is 1. The second-order valence-corrected chi connectivity index (χ2v) is 6.68. The van der Waals surface area contributed by atoms with Crippen LogP contribution in [0.25, 0.3) is 0 Å². The third-order valence-electron chi connectivity index (χ3n) is 3.86. The first-order chi connectivity index (χ1) is 13.0. The molecule has 1 aliphatic heterocycles. The molecule has 0 saturated heterocycles. The first-order valence-electron chi connectivity index (χ1n) is 8.72. The van der Waals surface area contributed by atoms with Crippen LogP contribution in [0.2, 0.25) is 0 Å². The summed E-state index contributed by atoms with van der Waals surface area (Å²) in [6.45, 7) is 4.49. The Morgan fingerprint density at radius 2 is 2.15 bits per heavy atom. The van der Waals surface area contributed by atoms with Crippen molar-refractivity contribution in [2.24, 2.45) is 0 Å². The number of hydrogen-bond donors (Lipinski definition) is 1. The molecule has 0 unspecified atom stereocenters. The Morgan fingerprint density at radius 1 is 1.26 bits per heavy atom. The molecule has 3 rings (SSSR count). The summed E-state index contributed by atoms with van der Waals surface area (Å²) in [5.74, 6) is 7.53. The molecule has 0 bridgehead atoms. The number of pyridine rings is 1. The number of para-hydroxylation sites is 1. The van der Waals surface area contributed by atoms with Crippen LogP contribution in [0.4, 0.5) is 0 Å². The van der Waals surface area contributed by atoms with Gasteiger partial charge in [-0.15, -0.1) is 0 Å². The van der Waals surface area contributed by atoms with Gasteiger partial charge in [-0.1, -0.05) is 24.0 Å². The first kappa shape index (κ1) is 18.6. The molecule has 1 aromatic carbocycles. The Kier molecular flexibility index (Phi) is 5.82. The fourth-order valence-electron chi connectivity index (χ4n) is 2.70. The maximum atomic E-state index is 11.7. The summed E-state index contributed by atoms with van der Waals surface area (Å²) in [5.41, 5.74) is 0.932. The van der Waals surface area contributed by atoms with E-state index in [1.54, 1.807) is 24.5 Å². The molecular weight excluding hydrogens is 344 g/mol. The van der Waals surface area contributed by atoms with E-state index in [1.807, 2.05) is 18.2 Å². The van der Waals surface area contributed by atoms with Crippen LogP contribution in [0.3, 0.4) is 0 Å². The number of amides is 1. The van der Waals surface area contributed by atoms with E-state index in [0.717, 1.165) is 17.7 Å². The lowest BCUT2D eigenvalue weighted by molar-refractivity contribution is -0.122. The summed E-state index contributed by atoms with van der Waals surface area (Å²) in [6, 6.07) is 9.36. The summed E-state index contributed by atoms with van der Waals surface area (Å²) < 4.78 is 17.0. The second kappa shape index (κ2) is 8.45. The van der Waals surface area contributed by atoms with Gasteiger partial charge in [0, 0.05) is 18.2 Å². The molecule has 1 aliphatic rings. The number of hydrogen-bond acceptors (Lipinski definition) is 5. The van der Waals surface area contributed by atoms with Crippen LogP contribution in [-0.4, -0.2) is 36.3 Å². The van der Waals surface area contributed by atoms with Crippen molar-refractivity contribution in [2.75, 3.05) is 19.8 Å². The van der Waals surface area contributed by atoms with Crippen molar-refractivity contribution in [1.29, 1.82) is 0 Å². The van der Waals surface area contributed by atoms with Crippen molar-refractivity contribution in [1.82, 2.24) is 10.3 Å². The van der Waals surface area contributed by atoms with Crippen molar-refractivity contribution in [3.63, 3.8) is 0 Å². The predicted molar refractivity (Wildman–Crippen MR) is 101 cm³/mol. The molecule has 1 amide bonds. The lowest BCUT2D eigenvalue weighted by Gasteiger charge is -2.17. The van der Waals surface area contributed by atoms with Crippen molar-refractivity contribution >= 4 is 5.91 Å². The van der Waals surface area contributed by atoms with E-state index in [-0.39, 0.29) is 31.3 Å². The van der Waals surface area contributed by atoms with E-state index in [0.29, 0.717) is 11.5 Å². The minimum Gasteiger partial charge on any atom is -0.483 e. The van der Waals surface area contributed by atoms with Crippen molar-refractivity contribution < 1.29 is 19.0 Å². The van der Waals surface area contributed by atoms with Crippen LogP contribution in [0.1, 0.15) is 19.4 Å². The van der Waals surface area contributed by atoms with Crippen LogP contribution in [0.5, 0.6) is 17.2 Å². The highest BCUT2D eigenvalue weighted by Crippen LogP contribution is 2.41. The lowest BCUT2D eigenvalue weighted by atomic mass is 10.0. The molecule has 0 radical (unpaired) electrons. The number of benzene rings is 1. The fourth-order valence-corrected chi connectivity index (χ4v) is 2.70. The number of nitrogens with zero attached hydrogens (tertiary/aromatic N) is 1. The van der Waals surface area contributed by atoms with Gasteiger partial charge >= 0.3 is 0 Å². The smallest absolute Gasteiger partial charge is 0.258 e. The molecule has 2 aromatic rings. The number of aromatic nitrogens is 1. The van der Waals surface area contributed by atoms with Gasteiger partial charge in [0.2, 0.25) is 0 Å². The van der Waals surface area contributed by atoms with Gasteiger partial charge < -0.3 is 19.5 Å². The molecule has 6 nitrogen and oxygen atoms in total. The molecule has 2 heterocycles. The topological polar surface area (TPSA) is 69.7 Å². The highest BCUT2D eigenvalue weighted by molar-refractivity contribution is 5.77. The molecular formula is C21H22N2O4. The fraction of sp³-hybridized carbons (Fsp3) is 0.333. The van der Waals surface area contributed by atoms with Crippen molar-refractivity contribution in [2.45, 2.75) is 25.9 Å². The van der Waals surface area contributed by atoms with E-state index in [1.165, 1.54) is 0 Å². The van der Waals surface area contributed by atoms with Crippen LogP contribution < -0.4 is 19.5 Å². The number of carbonyl (C=O) groups excluding carboxylic acids is 1. The van der Waals surface area contributed by atoms with Gasteiger partial charge in [0.05, 0.1) is 12.7 Å². The van der Waals surface area contributed by atoms with E-state index in [2.05, 4.69) is 36.0 Å². The molecule has 0 saturated carbocycles. The van der Waals surface area contributed by atoms with Gasteiger partial charge in [0.15, 0.2) is 18.1 Å². The van der Waals surface area contributed by atoms with Gasteiger partial charge in [0.25, 0.3) is 5.91 Å². The first-order valence-corrected chi connectivity index (χ1v) is 8.72. The molecule has 140 valence electrons. The maximum absolute atomic E-state index is 11.7. The van der Waals surface area contributed by atoms with Crippen molar-refractivity contribution in [3.8, 4) is 29.1 Å². The molecule has 0 fully saturated rings. The number of ether oxygens (including phenoxy) is 3. The summed E-state index contributed by atoms with van der Waals surface area (Å²) in [6.07, 6.45) is 4.05. The highest BCUT2D eigenvalue weighted by atomic mass is 16.5. The monoisotopic (exact) mass is 366 g/mol. The summed E-state index contributed by atoms with van der Waals surface area (Å²) in [7, 11) is 0. The zero-order valence-corrected chi connectivity index (χ0v) is 15.5. The predicted octanol–water partition coefficient (Wildman–Crippen LogP) is 2.37. The van der Waals surface area contributed by atoms with E-state index in [9.17, 15) is 4.79 Å². The molecule has 0 aliphatic carbocycles. The van der Waals surface area contributed by atoms with Crippen LogP contribution in [-0.2, 0) is 11.2 Å². The Balaban J connectivity index is 1.38. The van der Waals surface area contributed by atoms with Crippen LogP contribution >= 0.6 is 0 Å². The number of carbonyl (C=O) groups is 1. The zero-order valence-electron chi connectivity index (χ0n) is 15.5. The molecule has 6 heteroatoms. The van der Waals surface area contributed by atoms with Gasteiger partial charge in [-0.3, -0.25) is 9.78 Å². The molecule has 0 atom stereocenters. The van der Waals surface area contributed by atoms with Gasteiger partial charge in [-0.25, -0.2) is 0 Å². The van der Waals surface area contributed by atoms with Crippen LogP contribution in [0, 0.1) is 11.8 Å². The number of rotatable bonds is 6. The minimum absolute atomic E-state index is 0.0762. The maximum Gasteiger partial charge on any atom is 0.258 e. The summed E-state index contributed by atoms with van der Waals surface area (Å²) >= 11 is 0. The normalized spacial score (nSPS) is 13.6. The van der Waals surface area contributed by atoms with E-state index < -0.39 is 0 Å². The Labute approximate surface area is 158 Å².